The van der Waals surface area contributed by atoms with Crippen molar-refractivity contribution >= 4 is 37.5 Å². The number of hydrogen-bond donors (Lipinski definition) is 4. The van der Waals surface area contributed by atoms with Gasteiger partial charge in [-0.2, -0.15) is 23.3 Å². The van der Waals surface area contributed by atoms with Crippen molar-refractivity contribution < 1.29 is 41.2 Å². The third-order valence-corrected chi connectivity index (χ3v) is 6.49. The van der Waals surface area contributed by atoms with Gasteiger partial charge in [0.15, 0.2) is 14.2 Å². The Kier molecular flexibility index (Phi) is 9.69. The van der Waals surface area contributed by atoms with Crippen LogP contribution < -0.4 is 20.7 Å². The zero-order valence-corrected chi connectivity index (χ0v) is 23.9. The van der Waals surface area contributed by atoms with E-state index >= 15 is 0 Å². The van der Waals surface area contributed by atoms with Crippen molar-refractivity contribution in [1.82, 2.24) is 30.0 Å². The Balaban J connectivity index is 1.70. The first kappa shape index (κ1) is 32.2. The van der Waals surface area contributed by atoms with Crippen LogP contribution in [0.2, 0.25) is 0 Å². The molecule has 0 saturated carbocycles. The Labute approximate surface area is 247 Å². The molecule has 0 aliphatic carbocycles. The fraction of sp³-hybridized carbons (Fsp3) is 0.269. The molecule has 1 amide bonds. The largest absolute Gasteiger partial charge is 0.495 e. The van der Waals surface area contributed by atoms with Gasteiger partial charge in [0, 0.05) is 25.0 Å². The number of ether oxygens (including phenoxy) is 1. The quantitative estimate of drug-likeness (QED) is 0.123. The van der Waals surface area contributed by atoms with E-state index in [0.717, 1.165) is 4.68 Å². The van der Waals surface area contributed by atoms with Gasteiger partial charge in [-0.15, -0.1) is 0 Å². The second-order valence-electron chi connectivity index (χ2n) is 9.14. The molecule has 0 atom stereocenters. The summed E-state index contributed by atoms with van der Waals surface area (Å²) in [6, 6.07) is 7.43. The van der Waals surface area contributed by atoms with Gasteiger partial charge in [-0.3, -0.25) is 14.0 Å². The standard InChI is InChI=1S/C26H24F5N8O4P/c1-32-23(41)21-19(6-5-17(35-21)15-8-34-39(10-15)12-25(27,28)13-40)36-22-16(26(29,30)31)9-33-24(38-22)37-18-4-3-14(11-44-42)7-20(18)43-2/h3-10,40H,11-13H2,1-2H3,(H,32,41)(H2,33,36,37,38). The number of alkyl halides is 5. The molecule has 0 fully saturated rings. The molecule has 44 heavy (non-hydrogen) atoms. The number of halogens is 5. The van der Waals surface area contributed by atoms with Crippen molar-refractivity contribution in [2.75, 3.05) is 31.4 Å². The highest BCUT2D eigenvalue weighted by Crippen LogP contribution is 2.37. The van der Waals surface area contributed by atoms with Gasteiger partial charge in [0.25, 0.3) is 11.8 Å². The molecule has 12 nitrogen and oxygen atoms in total. The number of carbonyl (C=O) groups is 1. The molecule has 232 valence electrons. The van der Waals surface area contributed by atoms with E-state index < -0.39 is 42.5 Å². The van der Waals surface area contributed by atoms with Gasteiger partial charge in [0.1, 0.15) is 30.3 Å². The normalized spacial score (nSPS) is 11.8. The first-order valence-corrected chi connectivity index (χ1v) is 13.6. The molecule has 18 heteroatoms. The van der Waals surface area contributed by atoms with Crippen LogP contribution in [0.25, 0.3) is 11.3 Å². The van der Waals surface area contributed by atoms with Crippen molar-refractivity contribution in [1.29, 1.82) is 0 Å². The highest BCUT2D eigenvalue weighted by atomic mass is 31.1. The number of rotatable bonds is 12. The van der Waals surface area contributed by atoms with Crippen LogP contribution in [-0.4, -0.2) is 62.4 Å². The van der Waals surface area contributed by atoms with Crippen LogP contribution in [0.4, 0.5) is 45.1 Å². The molecule has 0 radical (unpaired) electrons. The number of carbonyl (C=O) groups excluding carboxylic acids is 1. The molecule has 0 unspecified atom stereocenters. The molecule has 0 saturated heterocycles. The van der Waals surface area contributed by atoms with Crippen LogP contribution in [0, 0.1) is 0 Å². The van der Waals surface area contributed by atoms with E-state index in [1.165, 1.54) is 38.7 Å². The Morgan fingerprint density at radius 3 is 2.48 bits per heavy atom. The molecule has 4 rings (SSSR count). The molecule has 0 bridgehead atoms. The number of nitrogens with zero attached hydrogens (tertiary/aromatic N) is 5. The lowest BCUT2D eigenvalue weighted by atomic mass is 10.1. The molecule has 3 heterocycles. The second-order valence-corrected chi connectivity index (χ2v) is 9.71. The predicted molar refractivity (Wildman–Crippen MR) is 149 cm³/mol. The fourth-order valence-corrected chi connectivity index (χ4v) is 4.23. The van der Waals surface area contributed by atoms with E-state index in [9.17, 15) is 31.3 Å². The maximum absolute atomic E-state index is 13.9. The van der Waals surface area contributed by atoms with Gasteiger partial charge in [0.05, 0.1) is 36.5 Å². The van der Waals surface area contributed by atoms with Crippen LogP contribution in [0.3, 0.4) is 0 Å². The minimum atomic E-state index is -4.89. The van der Waals surface area contributed by atoms with Crippen LogP contribution in [-0.2, 0) is 23.4 Å². The number of anilines is 4. The maximum atomic E-state index is 13.9. The number of aliphatic hydroxyl groups excluding tert-OH is 1. The summed E-state index contributed by atoms with van der Waals surface area (Å²) in [5.41, 5.74) is -0.365. The van der Waals surface area contributed by atoms with E-state index in [0.29, 0.717) is 23.2 Å². The maximum Gasteiger partial charge on any atom is 0.421 e. The number of pyridine rings is 1. The Hall–Kier alpha value is -4.76. The first-order chi connectivity index (χ1) is 20.9. The smallest absolute Gasteiger partial charge is 0.421 e. The number of hydrogen-bond acceptors (Lipinski definition) is 10. The van der Waals surface area contributed by atoms with Crippen molar-refractivity contribution in [2.24, 2.45) is 0 Å². The fourth-order valence-electron chi connectivity index (χ4n) is 3.89. The van der Waals surface area contributed by atoms with Crippen LogP contribution >= 0.6 is 8.46 Å². The van der Waals surface area contributed by atoms with E-state index in [4.69, 9.17) is 9.84 Å². The topological polar surface area (TPSA) is 156 Å². The summed E-state index contributed by atoms with van der Waals surface area (Å²) in [6.07, 6.45) is -1.67. The summed E-state index contributed by atoms with van der Waals surface area (Å²) in [6.45, 7) is -2.30. The first-order valence-electron chi connectivity index (χ1n) is 12.6. The van der Waals surface area contributed by atoms with E-state index in [2.05, 4.69) is 36.0 Å². The Bertz CT molecular complexity index is 1670. The van der Waals surface area contributed by atoms with Crippen molar-refractivity contribution in [3.8, 4) is 17.0 Å². The average molecular weight is 638 g/mol. The van der Waals surface area contributed by atoms with Gasteiger partial charge >= 0.3 is 6.18 Å². The number of aliphatic hydroxyl groups is 1. The zero-order chi connectivity index (χ0) is 32.1. The molecular formula is C26H24F5N8O4P. The lowest BCUT2D eigenvalue weighted by Crippen LogP contribution is -2.28. The molecule has 0 aliphatic heterocycles. The summed E-state index contributed by atoms with van der Waals surface area (Å²) >= 11 is 0. The van der Waals surface area contributed by atoms with Crippen LogP contribution in [0.1, 0.15) is 21.6 Å². The number of methoxy groups -OCH3 is 1. The molecule has 3 aromatic heterocycles. The van der Waals surface area contributed by atoms with Crippen molar-refractivity contribution in [2.45, 2.75) is 24.8 Å². The number of benzene rings is 1. The summed E-state index contributed by atoms with van der Waals surface area (Å²) < 4.78 is 86.1. The minimum absolute atomic E-state index is 0.106. The van der Waals surface area contributed by atoms with Crippen LogP contribution in [0.15, 0.2) is 48.9 Å². The average Bonchev–Trinajstić information content (AvgIpc) is 3.45. The van der Waals surface area contributed by atoms with Crippen molar-refractivity contribution in [3.05, 3.63) is 65.7 Å². The summed E-state index contributed by atoms with van der Waals surface area (Å²) in [5.74, 6) is -4.84. The Morgan fingerprint density at radius 2 is 1.82 bits per heavy atom. The Morgan fingerprint density at radius 1 is 1.07 bits per heavy atom. The van der Waals surface area contributed by atoms with Crippen LogP contribution in [0.5, 0.6) is 5.75 Å². The summed E-state index contributed by atoms with van der Waals surface area (Å²) in [5, 5.41) is 20.3. The predicted octanol–water partition coefficient (Wildman–Crippen LogP) is 5.03. The van der Waals surface area contributed by atoms with Gasteiger partial charge in [-0.05, 0) is 29.8 Å². The molecule has 0 spiro atoms. The van der Waals surface area contributed by atoms with Gasteiger partial charge in [-0.25, -0.2) is 18.7 Å². The minimum Gasteiger partial charge on any atom is -0.495 e. The van der Waals surface area contributed by atoms with Crippen molar-refractivity contribution in [3.63, 3.8) is 0 Å². The summed E-state index contributed by atoms with van der Waals surface area (Å²) in [4.78, 5) is 24.7. The molecule has 4 N–H and O–H groups in total. The van der Waals surface area contributed by atoms with Gasteiger partial charge in [-0.1, -0.05) is 6.07 Å². The molecule has 1 aromatic carbocycles. The lowest BCUT2D eigenvalue weighted by molar-refractivity contribution is -0.137. The van der Waals surface area contributed by atoms with E-state index in [1.54, 1.807) is 18.2 Å². The lowest BCUT2D eigenvalue weighted by Gasteiger charge is -2.17. The van der Waals surface area contributed by atoms with E-state index in [1.807, 2.05) is 0 Å². The van der Waals surface area contributed by atoms with E-state index in [-0.39, 0.29) is 43.2 Å². The third kappa shape index (κ3) is 7.60. The molecular weight excluding hydrogens is 614 g/mol. The third-order valence-electron chi connectivity index (χ3n) is 6.00. The highest BCUT2D eigenvalue weighted by Gasteiger charge is 2.36. The number of aromatic nitrogens is 5. The zero-order valence-electron chi connectivity index (χ0n) is 23.0. The summed E-state index contributed by atoms with van der Waals surface area (Å²) in [7, 11) is 2.57. The second kappa shape index (κ2) is 13.3. The molecule has 0 aliphatic rings. The monoisotopic (exact) mass is 638 g/mol. The number of nitrogens with one attached hydrogen (secondary N) is 3. The van der Waals surface area contributed by atoms with Gasteiger partial charge in [0.2, 0.25) is 5.95 Å². The number of amides is 1. The highest BCUT2D eigenvalue weighted by molar-refractivity contribution is 7.22. The SMILES string of the molecule is CNC(=O)c1nc(-c2cnn(CC(F)(F)CO)c2)ccc1Nc1nc(Nc2ccc(CP=O)cc2OC)ncc1C(F)(F)F. The molecule has 4 aromatic rings. The van der Waals surface area contributed by atoms with Gasteiger partial charge < -0.3 is 25.8 Å².